The summed E-state index contributed by atoms with van der Waals surface area (Å²) in [6.07, 6.45) is -0.524. The van der Waals surface area contributed by atoms with Crippen molar-refractivity contribution in [2.45, 2.75) is 12.5 Å². The van der Waals surface area contributed by atoms with E-state index in [0.29, 0.717) is 22.8 Å². The number of aromatic nitrogens is 2. The first-order chi connectivity index (χ1) is 13.1. The molecule has 2 heterocycles. The summed E-state index contributed by atoms with van der Waals surface area (Å²) in [4.78, 5) is 24.3. The molecule has 0 N–H and O–H groups in total. The van der Waals surface area contributed by atoms with Crippen LogP contribution in [0.15, 0.2) is 60.7 Å². The molecule has 1 aliphatic heterocycles. The van der Waals surface area contributed by atoms with Crippen LogP contribution in [0.4, 0.5) is 0 Å². The van der Waals surface area contributed by atoms with Gasteiger partial charge < -0.3 is 9.47 Å². The van der Waals surface area contributed by atoms with Crippen molar-refractivity contribution in [3.8, 4) is 16.9 Å². The average Bonchev–Trinajstić information content (AvgIpc) is 3.30. The van der Waals surface area contributed by atoms with E-state index in [9.17, 15) is 9.59 Å². The topological polar surface area (TPSA) is 70.4 Å². The lowest BCUT2D eigenvalue weighted by atomic mass is 10.1. The Kier molecular flexibility index (Phi) is 4.64. The van der Waals surface area contributed by atoms with Crippen LogP contribution in [0.5, 0.6) is 0 Å². The summed E-state index contributed by atoms with van der Waals surface area (Å²) < 4.78 is 11.7. The number of esters is 2. The van der Waals surface area contributed by atoms with Crippen molar-refractivity contribution in [2.24, 2.45) is 0 Å². The highest BCUT2D eigenvalue weighted by molar-refractivity contribution is 6.30. The quantitative estimate of drug-likeness (QED) is 0.644. The molecule has 0 spiro atoms. The van der Waals surface area contributed by atoms with Crippen LogP contribution in [0.1, 0.15) is 16.9 Å². The number of para-hydroxylation sites is 1. The molecule has 0 radical (unpaired) electrons. The van der Waals surface area contributed by atoms with Crippen molar-refractivity contribution < 1.29 is 19.1 Å². The molecule has 6 nitrogen and oxygen atoms in total. The van der Waals surface area contributed by atoms with Crippen LogP contribution < -0.4 is 0 Å². The molecule has 7 heteroatoms. The van der Waals surface area contributed by atoms with Gasteiger partial charge in [-0.3, -0.25) is 0 Å². The van der Waals surface area contributed by atoms with Gasteiger partial charge in [-0.1, -0.05) is 41.9 Å². The van der Waals surface area contributed by atoms with E-state index in [1.54, 1.807) is 18.2 Å². The maximum Gasteiger partial charge on any atom is 0.357 e. The first-order valence-electron chi connectivity index (χ1n) is 8.41. The lowest BCUT2D eigenvalue weighted by Crippen LogP contribution is -2.24. The number of halogens is 1. The number of nitrogens with zero attached hydrogens (tertiary/aromatic N) is 2. The Labute approximate surface area is 160 Å². The van der Waals surface area contributed by atoms with Crippen LogP contribution in [-0.2, 0) is 14.3 Å². The Hall–Kier alpha value is -3.12. The standard InChI is InChI=1S/C20H15ClN2O4/c21-14-8-6-13(7-9-14)16-12-17(19(24)27-18-10-11-26-20(18)25)23(22-16)15-4-2-1-3-5-15/h1-9,12,18H,10-11H2/t18-/m1/s1. The molecule has 0 saturated carbocycles. The number of cyclic esters (lactones) is 1. The van der Waals surface area contributed by atoms with E-state index < -0.39 is 18.0 Å². The molecule has 1 saturated heterocycles. The van der Waals surface area contributed by atoms with Crippen molar-refractivity contribution in [2.75, 3.05) is 6.61 Å². The summed E-state index contributed by atoms with van der Waals surface area (Å²) in [7, 11) is 0. The Morgan fingerprint density at radius 2 is 1.89 bits per heavy atom. The van der Waals surface area contributed by atoms with E-state index in [0.717, 1.165) is 5.56 Å². The van der Waals surface area contributed by atoms with Crippen molar-refractivity contribution >= 4 is 23.5 Å². The number of rotatable bonds is 4. The van der Waals surface area contributed by atoms with E-state index in [-0.39, 0.29) is 12.3 Å². The molecular formula is C20H15ClN2O4. The van der Waals surface area contributed by atoms with Gasteiger partial charge in [-0.05, 0) is 30.3 Å². The van der Waals surface area contributed by atoms with Gasteiger partial charge in [0.1, 0.15) is 0 Å². The second kappa shape index (κ2) is 7.25. The number of benzene rings is 2. The van der Waals surface area contributed by atoms with Crippen molar-refractivity contribution in [1.29, 1.82) is 0 Å². The van der Waals surface area contributed by atoms with Crippen LogP contribution in [0.3, 0.4) is 0 Å². The van der Waals surface area contributed by atoms with Crippen LogP contribution in [0.2, 0.25) is 5.02 Å². The van der Waals surface area contributed by atoms with Gasteiger partial charge in [-0.2, -0.15) is 5.10 Å². The minimum Gasteiger partial charge on any atom is -0.463 e. The highest BCUT2D eigenvalue weighted by Crippen LogP contribution is 2.24. The van der Waals surface area contributed by atoms with Gasteiger partial charge in [0.2, 0.25) is 6.10 Å². The molecule has 1 aliphatic rings. The van der Waals surface area contributed by atoms with E-state index in [1.807, 2.05) is 42.5 Å². The second-order valence-corrected chi connectivity index (χ2v) is 6.46. The third-order valence-electron chi connectivity index (χ3n) is 4.20. The van der Waals surface area contributed by atoms with Gasteiger partial charge >= 0.3 is 11.9 Å². The molecule has 27 heavy (non-hydrogen) atoms. The van der Waals surface area contributed by atoms with Crippen molar-refractivity contribution in [3.63, 3.8) is 0 Å². The number of carbonyl (C=O) groups is 2. The number of carbonyl (C=O) groups excluding carboxylic acids is 2. The number of hydrogen-bond acceptors (Lipinski definition) is 5. The summed E-state index contributed by atoms with van der Waals surface area (Å²) >= 11 is 5.95. The van der Waals surface area contributed by atoms with E-state index >= 15 is 0 Å². The van der Waals surface area contributed by atoms with Gasteiger partial charge in [-0.25, -0.2) is 14.3 Å². The molecule has 1 aromatic heterocycles. The fourth-order valence-corrected chi connectivity index (χ4v) is 2.95. The summed E-state index contributed by atoms with van der Waals surface area (Å²) in [6, 6.07) is 18.0. The Morgan fingerprint density at radius 3 is 2.56 bits per heavy atom. The van der Waals surface area contributed by atoms with Gasteiger partial charge in [0.05, 0.1) is 18.0 Å². The zero-order valence-corrected chi connectivity index (χ0v) is 14.9. The van der Waals surface area contributed by atoms with Gasteiger partial charge in [0, 0.05) is 17.0 Å². The zero-order valence-electron chi connectivity index (χ0n) is 14.2. The fourth-order valence-electron chi connectivity index (χ4n) is 2.83. The maximum atomic E-state index is 12.7. The van der Waals surface area contributed by atoms with Crippen molar-refractivity contribution in [3.05, 3.63) is 71.4 Å². The van der Waals surface area contributed by atoms with Crippen molar-refractivity contribution in [1.82, 2.24) is 9.78 Å². The molecular weight excluding hydrogens is 368 g/mol. The highest BCUT2D eigenvalue weighted by atomic mass is 35.5. The number of hydrogen-bond donors (Lipinski definition) is 0. The van der Waals surface area contributed by atoms with Crippen LogP contribution in [0.25, 0.3) is 16.9 Å². The van der Waals surface area contributed by atoms with E-state index in [2.05, 4.69) is 5.10 Å². The minimum absolute atomic E-state index is 0.228. The van der Waals surface area contributed by atoms with Gasteiger partial charge in [-0.15, -0.1) is 0 Å². The molecule has 1 fully saturated rings. The summed E-state index contributed by atoms with van der Waals surface area (Å²) in [5.41, 5.74) is 2.34. The van der Waals surface area contributed by atoms with Crippen LogP contribution in [-0.4, -0.2) is 34.4 Å². The molecule has 0 aliphatic carbocycles. The molecule has 0 amide bonds. The second-order valence-electron chi connectivity index (χ2n) is 6.02. The zero-order chi connectivity index (χ0) is 18.8. The maximum absolute atomic E-state index is 12.7. The van der Waals surface area contributed by atoms with Crippen LogP contribution in [0, 0.1) is 0 Å². The lowest BCUT2D eigenvalue weighted by molar-refractivity contribution is -0.145. The lowest BCUT2D eigenvalue weighted by Gasteiger charge is -2.10. The molecule has 4 rings (SSSR count). The third kappa shape index (κ3) is 3.57. The Balaban J connectivity index is 1.73. The first kappa shape index (κ1) is 17.3. The fraction of sp³-hybridized carbons (Fsp3) is 0.150. The van der Waals surface area contributed by atoms with Gasteiger partial charge in [0.25, 0.3) is 0 Å². The third-order valence-corrected chi connectivity index (χ3v) is 4.45. The Bertz CT molecular complexity index is 983. The predicted octanol–water partition coefficient (Wildman–Crippen LogP) is 3.67. The molecule has 0 unspecified atom stereocenters. The predicted molar refractivity (Wildman–Crippen MR) is 98.8 cm³/mol. The summed E-state index contributed by atoms with van der Waals surface area (Å²) in [5, 5.41) is 5.16. The Morgan fingerprint density at radius 1 is 1.15 bits per heavy atom. The van der Waals surface area contributed by atoms with Crippen LogP contribution >= 0.6 is 11.6 Å². The first-order valence-corrected chi connectivity index (χ1v) is 8.78. The monoisotopic (exact) mass is 382 g/mol. The smallest absolute Gasteiger partial charge is 0.357 e. The summed E-state index contributed by atoms with van der Waals surface area (Å²) in [6.45, 7) is 0.255. The van der Waals surface area contributed by atoms with Gasteiger partial charge in [0.15, 0.2) is 5.69 Å². The molecule has 2 aromatic carbocycles. The van der Waals surface area contributed by atoms with E-state index in [4.69, 9.17) is 21.1 Å². The molecule has 3 aromatic rings. The average molecular weight is 383 g/mol. The molecule has 136 valence electrons. The largest absolute Gasteiger partial charge is 0.463 e. The normalized spacial score (nSPS) is 16.2. The molecule has 1 atom stereocenters. The molecule has 0 bridgehead atoms. The number of ether oxygens (including phenoxy) is 2. The summed E-state index contributed by atoms with van der Waals surface area (Å²) in [5.74, 6) is -1.15. The SMILES string of the molecule is O=C(O[C@@H]1CCOC1=O)c1cc(-c2ccc(Cl)cc2)nn1-c1ccccc1. The minimum atomic E-state index is -0.879. The highest BCUT2D eigenvalue weighted by Gasteiger charge is 2.32. The van der Waals surface area contributed by atoms with E-state index in [1.165, 1.54) is 4.68 Å².